The lowest BCUT2D eigenvalue weighted by atomic mass is 10.1. The van der Waals surface area contributed by atoms with Crippen LogP contribution in [0.5, 0.6) is 0 Å². The molecule has 0 fully saturated rings. The van der Waals surface area contributed by atoms with Crippen molar-refractivity contribution in [2.24, 2.45) is 0 Å². The van der Waals surface area contributed by atoms with Crippen molar-refractivity contribution in [1.82, 2.24) is 9.97 Å². The molecule has 0 bridgehead atoms. The van der Waals surface area contributed by atoms with E-state index in [-0.39, 0.29) is 17.6 Å². The highest BCUT2D eigenvalue weighted by molar-refractivity contribution is 5.68. The molecule has 0 spiro atoms. The topological polar surface area (TPSA) is 73.0 Å². The summed E-state index contributed by atoms with van der Waals surface area (Å²) >= 11 is 0. The molecule has 2 heterocycles. The number of H-pyrrole nitrogens is 1. The zero-order chi connectivity index (χ0) is 11.9. The van der Waals surface area contributed by atoms with Crippen LogP contribution in [0.25, 0.3) is 0 Å². The zero-order valence-corrected chi connectivity index (χ0v) is 9.96. The molecule has 88 valence electrons. The summed E-state index contributed by atoms with van der Waals surface area (Å²) in [4.78, 5) is 20.7. The monoisotopic (exact) mass is 223 g/mol. The lowest BCUT2D eigenvalue weighted by Gasteiger charge is -2.30. The van der Waals surface area contributed by atoms with Crippen LogP contribution in [-0.4, -0.2) is 36.1 Å². The Balaban J connectivity index is 2.49. The van der Waals surface area contributed by atoms with Crippen LogP contribution in [0.4, 0.5) is 17.5 Å². The van der Waals surface area contributed by atoms with Crippen LogP contribution in [0.1, 0.15) is 13.8 Å². The van der Waals surface area contributed by atoms with Crippen molar-refractivity contribution in [3.8, 4) is 0 Å². The predicted molar refractivity (Wildman–Crippen MR) is 65.4 cm³/mol. The summed E-state index contributed by atoms with van der Waals surface area (Å²) in [5.74, 6) is 1.18. The zero-order valence-electron chi connectivity index (χ0n) is 9.96. The second-order valence-corrected chi connectivity index (χ2v) is 4.37. The largest absolute Gasteiger partial charge is 0.373 e. The molecule has 0 aliphatic carbocycles. The molecule has 0 amide bonds. The molecule has 6 nitrogen and oxygen atoms in total. The lowest BCUT2D eigenvalue weighted by molar-refractivity contribution is 0.655. The Labute approximate surface area is 94.1 Å². The van der Waals surface area contributed by atoms with E-state index in [2.05, 4.69) is 27.5 Å². The fourth-order valence-electron chi connectivity index (χ4n) is 1.60. The molecule has 3 N–H and O–H groups in total. The molecule has 0 aromatic carbocycles. The average Bonchev–Trinajstić information content (AvgIpc) is 2.20. The summed E-state index contributed by atoms with van der Waals surface area (Å²) in [5.41, 5.74) is 0.385. The van der Waals surface area contributed by atoms with E-state index >= 15 is 0 Å². The molecule has 16 heavy (non-hydrogen) atoms. The summed E-state index contributed by atoms with van der Waals surface area (Å²) < 4.78 is 0. The molecule has 0 saturated carbocycles. The first kappa shape index (κ1) is 10.8. The van der Waals surface area contributed by atoms with Crippen molar-refractivity contribution >= 4 is 17.5 Å². The Morgan fingerprint density at radius 3 is 2.44 bits per heavy atom. The van der Waals surface area contributed by atoms with Gasteiger partial charge in [0.2, 0.25) is 5.95 Å². The van der Waals surface area contributed by atoms with E-state index in [0.717, 1.165) is 0 Å². The molecule has 1 aliphatic rings. The van der Waals surface area contributed by atoms with Crippen LogP contribution in [0.2, 0.25) is 0 Å². The Morgan fingerprint density at radius 2 is 1.81 bits per heavy atom. The summed E-state index contributed by atoms with van der Waals surface area (Å²) in [6, 6.07) is 0.456. The van der Waals surface area contributed by atoms with Gasteiger partial charge in [0.25, 0.3) is 5.56 Å². The van der Waals surface area contributed by atoms with Crippen LogP contribution in [-0.2, 0) is 0 Å². The molecular formula is C10H17N5O. The van der Waals surface area contributed by atoms with Crippen LogP contribution >= 0.6 is 0 Å². The molecule has 0 unspecified atom stereocenters. The van der Waals surface area contributed by atoms with Gasteiger partial charge in [0.15, 0.2) is 5.82 Å². The minimum absolute atomic E-state index is 0.139. The molecule has 0 saturated heterocycles. The number of nitrogens with zero attached hydrogens (tertiary/aromatic N) is 2. The van der Waals surface area contributed by atoms with Gasteiger partial charge in [-0.1, -0.05) is 0 Å². The Hall–Kier alpha value is -1.72. The maximum Gasteiger partial charge on any atom is 0.277 e. The van der Waals surface area contributed by atoms with Gasteiger partial charge in [-0.05, 0) is 13.8 Å². The number of hydrogen-bond donors (Lipinski definition) is 3. The number of rotatable bonds is 1. The predicted octanol–water partition coefficient (Wildman–Crippen LogP) is 0.450. The van der Waals surface area contributed by atoms with Gasteiger partial charge in [-0.2, -0.15) is 4.98 Å². The molecular weight excluding hydrogens is 206 g/mol. The van der Waals surface area contributed by atoms with Gasteiger partial charge >= 0.3 is 0 Å². The third-order valence-electron chi connectivity index (χ3n) is 2.82. The summed E-state index contributed by atoms with van der Waals surface area (Å²) in [6.45, 7) is 4.08. The van der Waals surface area contributed by atoms with Gasteiger partial charge in [-0.25, -0.2) is 0 Å². The second-order valence-electron chi connectivity index (χ2n) is 4.37. The summed E-state index contributed by atoms with van der Waals surface area (Å²) in [5, 5.41) is 6.38. The Morgan fingerprint density at radius 1 is 1.19 bits per heavy atom. The van der Waals surface area contributed by atoms with Gasteiger partial charge in [-0.15, -0.1) is 0 Å². The van der Waals surface area contributed by atoms with Crippen molar-refractivity contribution in [3.63, 3.8) is 0 Å². The first-order valence-corrected chi connectivity index (χ1v) is 5.33. The van der Waals surface area contributed by atoms with Crippen molar-refractivity contribution in [3.05, 3.63) is 10.4 Å². The molecule has 1 aromatic rings. The third-order valence-corrected chi connectivity index (χ3v) is 2.82. The van der Waals surface area contributed by atoms with E-state index in [1.54, 1.807) is 4.90 Å². The number of aromatic nitrogens is 2. The van der Waals surface area contributed by atoms with Crippen LogP contribution in [0, 0.1) is 0 Å². The number of nitrogens with one attached hydrogen (secondary N) is 3. The lowest BCUT2D eigenvalue weighted by Crippen LogP contribution is -2.42. The van der Waals surface area contributed by atoms with E-state index < -0.39 is 0 Å². The second kappa shape index (κ2) is 3.70. The van der Waals surface area contributed by atoms with Crippen LogP contribution in [0.15, 0.2) is 4.79 Å². The van der Waals surface area contributed by atoms with Crippen molar-refractivity contribution in [2.45, 2.75) is 25.9 Å². The number of anilines is 3. The summed E-state index contributed by atoms with van der Waals surface area (Å²) in [7, 11) is 3.68. The molecule has 2 rings (SSSR count). The number of hydrogen-bond acceptors (Lipinski definition) is 5. The van der Waals surface area contributed by atoms with E-state index in [1.807, 2.05) is 21.0 Å². The summed E-state index contributed by atoms with van der Waals surface area (Å²) in [6.07, 6.45) is 0. The highest BCUT2D eigenvalue weighted by Gasteiger charge is 2.24. The minimum Gasteiger partial charge on any atom is -0.373 e. The maximum atomic E-state index is 11.8. The van der Waals surface area contributed by atoms with Crippen LogP contribution < -0.4 is 21.1 Å². The number of fused-ring (bicyclic) bond motifs is 1. The normalized spacial score (nSPS) is 23.0. The smallest absolute Gasteiger partial charge is 0.277 e. The van der Waals surface area contributed by atoms with Crippen LogP contribution in [0.3, 0.4) is 0 Å². The molecule has 6 heteroatoms. The highest BCUT2D eigenvalue weighted by Crippen LogP contribution is 2.23. The standard InChI is InChI=1S/C10H17N5O/c1-5-6(2)12-8-7(11-5)9(16)14-10(13-8)15(3)4/h5-6,11H,1-4H3,(H2,12,13,14,16)/t5-,6-/m1/s1. The van der Waals surface area contributed by atoms with E-state index in [0.29, 0.717) is 17.5 Å². The minimum atomic E-state index is -0.139. The molecule has 1 aliphatic heterocycles. The molecule has 0 radical (unpaired) electrons. The highest BCUT2D eigenvalue weighted by atomic mass is 16.1. The first-order valence-electron chi connectivity index (χ1n) is 5.33. The quantitative estimate of drug-likeness (QED) is 0.644. The Kier molecular flexibility index (Phi) is 2.49. The Bertz CT molecular complexity index is 453. The fraction of sp³-hybridized carbons (Fsp3) is 0.600. The van der Waals surface area contributed by atoms with E-state index in [4.69, 9.17) is 0 Å². The SMILES string of the molecule is C[C@H]1Nc2nc(N(C)C)[nH]c(=O)c2N[C@@H]1C. The fourth-order valence-corrected chi connectivity index (χ4v) is 1.60. The van der Waals surface area contributed by atoms with E-state index in [9.17, 15) is 4.79 Å². The third kappa shape index (κ3) is 1.70. The van der Waals surface area contributed by atoms with Crippen molar-refractivity contribution in [2.75, 3.05) is 29.6 Å². The van der Waals surface area contributed by atoms with Gasteiger partial charge < -0.3 is 15.5 Å². The van der Waals surface area contributed by atoms with Gasteiger partial charge in [0.1, 0.15) is 5.69 Å². The number of aromatic amines is 1. The van der Waals surface area contributed by atoms with Crippen molar-refractivity contribution in [1.29, 1.82) is 0 Å². The first-order chi connectivity index (χ1) is 7.49. The maximum absolute atomic E-state index is 11.8. The molecule has 1 aromatic heterocycles. The van der Waals surface area contributed by atoms with Gasteiger partial charge in [0.05, 0.1) is 0 Å². The molecule has 2 atom stereocenters. The van der Waals surface area contributed by atoms with Gasteiger partial charge in [-0.3, -0.25) is 9.78 Å². The average molecular weight is 223 g/mol. The van der Waals surface area contributed by atoms with E-state index in [1.165, 1.54) is 0 Å². The van der Waals surface area contributed by atoms with Crippen molar-refractivity contribution < 1.29 is 0 Å². The van der Waals surface area contributed by atoms with Gasteiger partial charge in [0, 0.05) is 26.2 Å².